The smallest absolute Gasteiger partial charge is 0.450 e. The van der Waals surface area contributed by atoms with Crippen molar-refractivity contribution >= 4 is 11.0 Å². The normalized spacial score (nSPS) is 13.0. The number of hydrogen-bond donors (Lipinski definition) is 2. The van der Waals surface area contributed by atoms with Crippen LogP contribution >= 0.6 is 0 Å². The number of alkyl halides is 3. The van der Waals surface area contributed by atoms with Gasteiger partial charge in [0.15, 0.2) is 0 Å². The summed E-state index contributed by atoms with van der Waals surface area (Å²) in [5.74, 6) is -1.17. The molecular weight excluding hydrogens is 399 g/mol. The van der Waals surface area contributed by atoms with Crippen molar-refractivity contribution in [3.63, 3.8) is 0 Å². The van der Waals surface area contributed by atoms with E-state index < -0.39 is 29.0 Å². The quantitative estimate of drug-likeness (QED) is 0.598. The van der Waals surface area contributed by atoms with E-state index in [0.29, 0.717) is 6.54 Å². The molecule has 2 N–H and O–H groups in total. The molecule has 1 aromatic heterocycles. The van der Waals surface area contributed by atoms with Crippen molar-refractivity contribution in [3.8, 4) is 16.9 Å². The Balaban J connectivity index is 1.98. The monoisotopic (exact) mass is 421 g/mol. The molecule has 1 heterocycles. The Kier molecular flexibility index (Phi) is 6.48. The molecule has 0 aliphatic carbocycles. The SMILES string of the molecule is CC(C)NCC(O)COc1ccc2c(=O)c(-c3ccccc3)c(C(F)(F)F)oc2c1. The van der Waals surface area contributed by atoms with E-state index in [2.05, 4.69) is 5.32 Å². The number of fused-ring (bicyclic) bond motifs is 1. The van der Waals surface area contributed by atoms with Gasteiger partial charge in [0.2, 0.25) is 11.2 Å². The second-order valence-electron chi connectivity index (χ2n) is 7.18. The molecule has 0 bridgehead atoms. The summed E-state index contributed by atoms with van der Waals surface area (Å²) < 4.78 is 51.5. The van der Waals surface area contributed by atoms with Gasteiger partial charge in [0.1, 0.15) is 24.0 Å². The number of nitrogens with one attached hydrogen (secondary N) is 1. The number of halogens is 3. The average Bonchev–Trinajstić information content (AvgIpc) is 2.70. The lowest BCUT2D eigenvalue weighted by molar-refractivity contribution is -0.152. The van der Waals surface area contributed by atoms with Gasteiger partial charge in [-0.1, -0.05) is 44.2 Å². The highest BCUT2D eigenvalue weighted by Gasteiger charge is 2.39. The fraction of sp³-hybridized carbons (Fsp3) is 0.318. The summed E-state index contributed by atoms with van der Waals surface area (Å²) in [5.41, 5.74) is -1.41. The van der Waals surface area contributed by atoms with Gasteiger partial charge in [-0.2, -0.15) is 13.2 Å². The van der Waals surface area contributed by atoms with Gasteiger partial charge in [-0.05, 0) is 17.7 Å². The highest BCUT2D eigenvalue weighted by atomic mass is 19.4. The molecule has 3 rings (SSSR count). The van der Waals surface area contributed by atoms with Gasteiger partial charge in [0, 0.05) is 18.7 Å². The van der Waals surface area contributed by atoms with Crippen LogP contribution in [0.25, 0.3) is 22.1 Å². The summed E-state index contributed by atoms with van der Waals surface area (Å²) >= 11 is 0. The van der Waals surface area contributed by atoms with Gasteiger partial charge in [0.25, 0.3) is 0 Å². The van der Waals surface area contributed by atoms with Crippen LogP contribution in [0.4, 0.5) is 13.2 Å². The van der Waals surface area contributed by atoms with E-state index >= 15 is 0 Å². The number of aliphatic hydroxyl groups excluding tert-OH is 1. The van der Waals surface area contributed by atoms with Gasteiger partial charge in [-0.3, -0.25) is 4.79 Å². The van der Waals surface area contributed by atoms with Crippen molar-refractivity contribution in [1.82, 2.24) is 5.32 Å². The maximum atomic E-state index is 13.6. The third kappa shape index (κ3) is 5.01. The molecule has 0 saturated heterocycles. The topological polar surface area (TPSA) is 71.7 Å². The minimum Gasteiger partial charge on any atom is -0.491 e. The van der Waals surface area contributed by atoms with Crippen LogP contribution in [0.3, 0.4) is 0 Å². The van der Waals surface area contributed by atoms with E-state index in [1.54, 1.807) is 18.2 Å². The lowest BCUT2D eigenvalue weighted by Crippen LogP contribution is -2.35. The Labute approximate surface area is 171 Å². The van der Waals surface area contributed by atoms with Crippen molar-refractivity contribution in [2.45, 2.75) is 32.2 Å². The second kappa shape index (κ2) is 8.89. The molecule has 5 nitrogen and oxygen atoms in total. The molecule has 0 radical (unpaired) electrons. The fourth-order valence-corrected chi connectivity index (χ4v) is 2.95. The van der Waals surface area contributed by atoms with Gasteiger partial charge in [-0.25, -0.2) is 0 Å². The predicted molar refractivity (Wildman–Crippen MR) is 108 cm³/mol. The summed E-state index contributed by atoms with van der Waals surface area (Å²) in [6.07, 6.45) is -5.66. The molecule has 3 aromatic rings. The Morgan fingerprint density at radius 2 is 1.83 bits per heavy atom. The van der Waals surface area contributed by atoms with Crippen molar-refractivity contribution in [3.05, 3.63) is 64.5 Å². The van der Waals surface area contributed by atoms with Crippen LogP contribution in [0.2, 0.25) is 0 Å². The first-order chi connectivity index (χ1) is 14.2. The molecule has 0 fully saturated rings. The number of hydrogen-bond acceptors (Lipinski definition) is 5. The molecule has 8 heteroatoms. The van der Waals surface area contributed by atoms with Gasteiger partial charge in [-0.15, -0.1) is 0 Å². The van der Waals surface area contributed by atoms with Crippen molar-refractivity contribution in [1.29, 1.82) is 0 Å². The van der Waals surface area contributed by atoms with E-state index in [0.717, 1.165) is 0 Å². The number of benzene rings is 2. The van der Waals surface area contributed by atoms with Crippen molar-refractivity contribution in [2.75, 3.05) is 13.2 Å². The zero-order valence-corrected chi connectivity index (χ0v) is 16.5. The first-order valence-electron chi connectivity index (χ1n) is 9.44. The van der Waals surface area contributed by atoms with Gasteiger partial charge in [0.05, 0.1) is 10.9 Å². The fourth-order valence-electron chi connectivity index (χ4n) is 2.95. The van der Waals surface area contributed by atoms with E-state index in [1.807, 2.05) is 13.8 Å². The maximum absolute atomic E-state index is 13.6. The van der Waals surface area contributed by atoms with Gasteiger partial charge < -0.3 is 19.6 Å². The zero-order valence-electron chi connectivity index (χ0n) is 16.5. The van der Waals surface area contributed by atoms with Crippen LogP contribution in [0.5, 0.6) is 5.75 Å². The standard InChI is InChI=1S/C22H22F3NO4/c1-13(2)26-11-15(27)12-29-16-8-9-17-18(10-16)30-21(22(23,24)25)19(20(17)28)14-6-4-3-5-7-14/h3-10,13,15,26-27H,11-12H2,1-2H3. The molecule has 0 aliphatic rings. The van der Waals surface area contributed by atoms with Crippen LogP contribution in [-0.4, -0.2) is 30.4 Å². The summed E-state index contributed by atoms with van der Waals surface area (Å²) in [6.45, 7) is 4.10. The third-order valence-electron chi connectivity index (χ3n) is 4.39. The predicted octanol–water partition coefficient (Wildman–Crippen LogP) is 4.22. The van der Waals surface area contributed by atoms with Crippen LogP contribution in [0, 0.1) is 0 Å². The molecule has 1 atom stereocenters. The highest BCUT2D eigenvalue weighted by Crippen LogP contribution is 2.37. The number of aliphatic hydroxyl groups is 1. The Morgan fingerprint density at radius 3 is 2.47 bits per heavy atom. The molecule has 0 saturated carbocycles. The first kappa shape index (κ1) is 21.9. The first-order valence-corrected chi connectivity index (χ1v) is 9.44. The molecule has 1 unspecified atom stereocenters. The van der Waals surface area contributed by atoms with Crippen LogP contribution < -0.4 is 15.5 Å². The van der Waals surface area contributed by atoms with E-state index in [9.17, 15) is 23.1 Å². The summed E-state index contributed by atoms with van der Waals surface area (Å²) in [6, 6.07) is 11.8. The molecule has 30 heavy (non-hydrogen) atoms. The number of rotatable bonds is 7. The van der Waals surface area contributed by atoms with E-state index in [4.69, 9.17) is 9.15 Å². The maximum Gasteiger partial charge on any atom is 0.450 e. The zero-order chi connectivity index (χ0) is 21.9. The van der Waals surface area contributed by atoms with Gasteiger partial charge >= 0.3 is 6.18 Å². The third-order valence-corrected chi connectivity index (χ3v) is 4.39. The van der Waals surface area contributed by atoms with Crippen LogP contribution in [0.1, 0.15) is 19.6 Å². The number of ether oxygens (including phenoxy) is 1. The highest BCUT2D eigenvalue weighted by molar-refractivity contribution is 5.84. The van der Waals surface area contributed by atoms with Crippen molar-refractivity contribution < 1.29 is 27.4 Å². The molecule has 0 amide bonds. The summed E-state index contributed by atoms with van der Waals surface area (Å²) in [4.78, 5) is 12.9. The van der Waals surface area contributed by atoms with Crippen LogP contribution in [-0.2, 0) is 6.18 Å². The minimum atomic E-state index is -4.85. The molecule has 0 spiro atoms. The average molecular weight is 421 g/mol. The van der Waals surface area contributed by atoms with E-state index in [-0.39, 0.29) is 34.9 Å². The lowest BCUT2D eigenvalue weighted by atomic mass is 10.0. The Bertz CT molecular complexity index is 1060. The second-order valence-corrected chi connectivity index (χ2v) is 7.18. The van der Waals surface area contributed by atoms with Crippen molar-refractivity contribution in [2.24, 2.45) is 0 Å². The van der Waals surface area contributed by atoms with Crippen LogP contribution in [0.15, 0.2) is 57.7 Å². The molecule has 160 valence electrons. The Hall–Kier alpha value is -2.84. The Morgan fingerprint density at radius 1 is 1.13 bits per heavy atom. The molecule has 0 aliphatic heterocycles. The largest absolute Gasteiger partial charge is 0.491 e. The van der Waals surface area contributed by atoms with E-state index in [1.165, 1.54) is 30.3 Å². The molecule has 2 aromatic carbocycles. The summed E-state index contributed by atoms with van der Waals surface area (Å²) in [5, 5.41) is 13.0. The summed E-state index contributed by atoms with van der Waals surface area (Å²) in [7, 11) is 0. The minimum absolute atomic E-state index is 0.0104. The molecular formula is C22H22F3NO4. The lowest BCUT2D eigenvalue weighted by Gasteiger charge is -2.16.